The van der Waals surface area contributed by atoms with Crippen LogP contribution in [0.1, 0.15) is 34.6 Å². The van der Waals surface area contributed by atoms with E-state index in [1.807, 2.05) is 0 Å². The summed E-state index contributed by atoms with van der Waals surface area (Å²) in [7, 11) is -2.83. The molecule has 37 heavy (non-hydrogen) atoms. The summed E-state index contributed by atoms with van der Waals surface area (Å²) in [4.78, 5) is 38.8. The van der Waals surface area contributed by atoms with Gasteiger partial charge in [-0.15, -0.1) is 5.10 Å². The van der Waals surface area contributed by atoms with Crippen LogP contribution in [0.3, 0.4) is 0 Å². The zero-order chi connectivity index (χ0) is 27.1. The van der Waals surface area contributed by atoms with Crippen LogP contribution in [0.25, 0.3) is 22.0 Å². The minimum Gasteiger partial charge on any atom is -0.355 e. The predicted octanol–water partition coefficient (Wildman–Crippen LogP) is 3.49. The summed E-state index contributed by atoms with van der Waals surface area (Å²) in [5.41, 5.74) is -0.986. The third-order valence-corrected chi connectivity index (χ3v) is 6.06. The van der Waals surface area contributed by atoms with E-state index in [0.29, 0.717) is 11.1 Å². The molecule has 0 bridgehead atoms. The third-order valence-electron chi connectivity index (χ3n) is 5.61. The first-order valence-corrected chi connectivity index (χ1v) is 12.8. The second kappa shape index (κ2) is 9.49. The molecule has 2 aromatic heterocycles. The molecule has 14 heteroatoms. The first kappa shape index (κ1) is 26.1. The van der Waals surface area contributed by atoms with Gasteiger partial charge >= 0.3 is 13.8 Å². The Morgan fingerprint density at radius 3 is 2.59 bits per heavy atom. The number of carbonyl (C=O) groups is 1. The van der Waals surface area contributed by atoms with Crippen LogP contribution in [0.4, 0.5) is 13.2 Å². The van der Waals surface area contributed by atoms with E-state index in [1.54, 1.807) is 31.2 Å². The van der Waals surface area contributed by atoms with Gasteiger partial charge < -0.3 is 14.8 Å². The lowest BCUT2D eigenvalue weighted by molar-refractivity contribution is -0.148. The number of aromatic nitrogens is 4. The summed E-state index contributed by atoms with van der Waals surface area (Å²) in [6, 6.07) is 10.2. The smallest absolute Gasteiger partial charge is 0.355 e. The lowest BCUT2D eigenvalue weighted by Gasteiger charge is -2.17. The maximum atomic E-state index is 13.8. The van der Waals surface area contributed by atoms with E-state index in [9.17, 15) is 32.2 Å². The Kier molecular flexibility index (Phi) is 6.70. The van der Waals surface area contributed by atoms with Crippen LogP contribution in [0, 0.1) is 0 Å². The van der Waals surface area contributed by atoms with Crippen LogP contribution in [0.5, 0.6) is 0 Å². The van der Waals surface area contributed by atoms with Gasteiger partial charge in [-0.25, -0.2) is 9.55 Å². The molecule has 0 radical (unpaired) electrons. The summed E-state index contributed by atoms with van der Waals surface area (Å²) < 4.78 is 58.7. The summed E-state index contributed by atoms with van der Waals surface area (Å²) in [6.07, 6.45) is -2.84. The molecule has 0 fully saturated rings. The first-order valence-electron chi connectivity index (χ1n) is 10.8. The van der Waals surface area contributed by atoms with Crippen molar-refractivity contribution < 1.29 is 32.0 Å². The maximum Gasteiger partial charge on any atom is 0.437 e. The van der Waals surface area contributed by atoms with Crippen molar-refractivity contribution in [1.29, 1.82) is 0 Å². The minimum absolute atomic E-state index is 0.0227. The summed E-state index contributed by atoms with van der Waals surface area (Å²) >= 11 is 0. The monoisotopic (exact) mass is 535 g/mol. The summed E-state index contributed by atoms with van der Waals surface area (Å²) in [5.74, 6) is -0.279. The van der Waals surface area contributed by atoms with E-state index in [-0.39, 0.29) is 27.2 Å². The fraction of sp³-hybridized carbons (Fsp3) is 0.217. The van der Waals surface area contributed by atoms with Gasteiger partial charge in [0.1, 0.15) is 0 Å². The van der Waals surface area contributed by atoms with Crippen LogP contribution >= 0.6 is 7.60 Å². The van der Waals surface area contributed by atoms with Gasteiger partial charge in [-0.05, 0) is 42.3 Å². The van der Waals surface area contributed by atoms with Gasteiger partial charge in [-0.3, -0.25) is 14.2 Å². The topological polar surface area (TPSA) is 128 Å². The van der Waals surface area contributed by atoms with Crippen molar-refractivity contribution in [2.45, 2.75) is 19.1 Å². The second-order valence-corrected chi connectivity index (χ2v) is 10.0. The lowest BCUT2D eigenvalue weighted by Crippen LogP contribution is -2.25. The van der Waals surface area contributed by atoms with E-state index in [0.717, 1.165) is 12.9 Å². The van der Waals surface area contributed by atoms with Gasteiger partial charge in [0.05, 0.1) is 36.1 Å². The molecular weight excluding hydrogens is 514 g/mol. The van der Waals surface area contributed by atoms with Crippen LogP contribution in [0.2, 0.25) is 0 Å². The van der Waals surface area contributed by atoms with Crippen molar-refractivity contribution in [1.82, 2.24) is 24.8 Å². The molecule has 2 atom stereocenters. The van der Waals surface area contributed by atoms with Crippen molar-refractivity contribution >= 4 is 24.4 Å². The Bertz CT molecular complexity index is 1610. The number of rotatable bonds is 6. The Labute approximate surface area is 207 Å². The fourth-order valence-electron chi connectivity index (χ4n) is 3.83. The van der Waals surface area contributed by atoms with Gasteiger partial charge in [0.15, 0.2) is 5.69 Å². The lowest BCUT2D eigenvalue weighted by atomic mass is 10.0. The van der Waals surface area contributed by atoms with Gasteiger partial charge in [0.2, 0.25) is 0 Å². The second-order valence-electron chi connectivity index (χ2n) is 8.23. The minimum atomic E-state index is -4.97. The molecule has 0 saturated heterocycles. The number of nitrogens with zero attached hydrogens (tertiary/aromatic N) is 4. The molecule has 1 amide bonds. The quantitative estimate of drug-likeness (QED) is 0.362. The van der Waals surface area contributed by atoms with Gasteiger partial charge in [0, 0.05) is 18.2 Å². The highest BCUT2D eigenvalue weighted by molar-refractivity contribution is 7.52. The number of nitrogens with one attached hydrogen (secondary N) is 1. The zero-order valence-electron chi connectivity index (χ0n) is 19.7. The molecule has 2 heterocycles. The highest BCUT2D eigenvalue weighted by Crippen LogP contribution is 2.40. The molecule has 0 saturated carbocycles. The Balaban J connectivity index is 1.76. The number of halogens is 3. The molecule has 10 nitrogen and oxygen atoms in total. The molecule has 2 N–H and O–H groups in total. The maximum absolute atomic E-state index is 13.8. The predicted molar refractivity (Wildman–Crippen MR) is 128 cm³/mol. The number of benzene rings is 2. The van der Waals surface area contributed by atoms with Crippen LogP contribution in [-0.4, -0.2) is 44.0 Å². The Hall–Kier alpha value is -3.96. The molecule has 0 aliphatic rings. The molecule has 4 aromatic rings. The molecule has 0 spiro atoms. The van der Waals surface area contributed by atoms with Crippen molar-refractivity contribution in [3.8, 4) is 11.1 Å². The van der Waals surface area contributed by atoms with Crippen molar-refractivity contribution in [2.24, 2.45) is 0 Å². The molecule has 0 aliphatic carbocycles. The average Bonchev–Trinajstić information content (AvgIpc) is 3.25. The van der Waals surface area contributed by atoms with E-state index in [2.05, 4.69) is 20.0 Å². The molecule has 4 rings (SSSR count). The number of carbonyl (C=O) groups excluding carboxylic acids is 1. The Morgan fingerprint density at radius 1 is 1.22 bits per heavy atom. The molecular formula is C23H21F3N5O5P. The average molecular weight is 535 g/mol. The van der Waals surface area contributed by atoms with Crippen molar-refractivity contribution in [3.05, 3.63) is 82.2 Å². The van der Waals surface area contributed by atoms with Crippen molar-refractivity contribution in [2.75, 3.05) is 13.7 Å². The van der Waals surface area contributed by atoms with Gasteiger partial charge in [-0.2, -0.15) is 13.2 Å². The van der Waals surface area contributed by atoms with E-state index in [1.165, 1.54) is 36.1 Å². The first-order chi connectivity index (χ1) is 17.3. The SMILES string of the molecule is CNC(=O)c1cccc([C@@H](C)n2cnc3cc(-c4cnn(OP(C)(=O)O)c4C(F)(F)F)ccc3c2=O)c1. The van der Waals surface area contributed by atoms with E-state index >= 15 is 0 Å². The third kappa shape index (κ3) is 5.27. The van der Waals surface area contributed by atoms with Crippen molar-refractivity contribution in [3.63, 3.8) is 0 Å². The molecule has 0 aliphatic heterocycles. The van der Waals surface area contributed by atoms with E-state index in [4.69, 9.17) is 0 Å². The van der Waals surface area contributed by atoms with Crippen LogP contribution in [0.15, 0.2) is 59.8 Å². The summed E-state index contributed by atoms with van der Waals surface area (Å²) in [5, 5.41) is 6.16. The Morgan fingerprint density at radius 2 is 1.95 bits per heavy atom. The van der Waals surface area contributed by atoms with Gasteiger partial charge in [0.25, 0.3) is 11.5 Å². The number of fused-ring (bicyclic) bond motifs is 1. The molecule has 1 unspecified atom stereocenters. The zero-order valence-corrected chi connectivity index (χ0v) is 20.6. The summed E-state index contributed by atoms with van der Waals surface area (Å²) in [6.45, 7) is 2.49. The fourth-order valence-corrected chi connectivity index (χ4v) is 4.24. The number of amides is 1. The van der Waals surface area contributed by atoms with Crippen LogP contribution < -0.4 is 15.5 Å². The van der Waals surface area contributed by atoms with Crippen LogP contribution in [-0.2, 0) is 10.7 Å². The standard InChI is InChI=1S/C23H21F3N5O5P/c1-13(14-5-4-6-16(9-14)21(32)27-2)30-12-28-19-10-15(7-8-17(19)22(30)33)18-11-29-31(36-37(3,34)35)20(18)23(24,25)26/h4-13H,1-3H3,(H,27,32)(H,34,35)/t13-/m1/s1. The van der Waals surface area contributed by atoms with Gasteiger partial charge in [-0.1, -0.05) is 23.0 Å². The number of alkyl halides is 3. The molecule has 194 valence electrons. The molecule has 2 aromatic carbocycles. The normalized spacial score (nSPS) is 14.2. The largest absolute Gasteiger partial charge is 0.437 e. The highest BCUT2D eigenvalue weighted by Gasteiger charge is 2.41. The highest BCUT2D eigenvalue weighted by atomic mass is 31.2. The van der Waals surface area contributed by atoms with E-state index < -0.39 is 36.6 Å². The number of hydrogen-bond donors (Lipinski definition) is 2. The number of hydrogen-bond acceptors (Lipinski definition) is 6.